The lowest BCUT2D eigenvalue weighted by molar-refractivity contribution is -0.742. The molecule has 154 valence electrons. The summed E-state index contributed by atoms with van der Waals surface area (Å²) in [6.45, 7) is 0.267. The second kappa shape index (κ2) is 11.2. The average Bonchev–Trinajstić information content (AvgIpc) is 3.16. The number of aromatic nitrogens is 2. The molecule has 1 heterocycles. The number of benzene rings is 2. The minimum absolute atomic E-state index is 0.257. The zero-order chi connectivity index (χ0) is 21.4. The summed E-state index contributed by atoms with van der Waals surface area (Å²) >= 11 is 24.7. The van der Waals surface area contributed by atoms with Gasteiger partial charge in [-0.1, -0.05) is 64.6 Å². The molecule has 3 aromatic rings. The SMILES string of the molecule is Clc1ccc(C(C(Cl)OCc2ccc(Cl)cc2Cl)n2ccnc2)cc1.O=[N+]([O-])O. The van der Waals surface area contributed by atoms with Crippen molar-refractivity contribution in [1.29, 1.82) is 0 Å². The Labute approximate surface area is 186 Å². The summed E-state index contributed by atoms with van der Waals surface area (Å²) in [4.78, 5) is 12.5. The molecule has 7 nitrogen and oxygen atoms in total. The summed E-state index contributed by atoms with van der Waals surface area (Å²) in [5.41, 5.74) is 1.14. The molecular formula is C18H15Cl4N3O4. The van der Waals surface area contributed by atoms with Gasteiger partial charge in [0.25, 0.3) is 5.09 Å². The second-order valence-corrected chi connectivity index (χ2v) is 7.35. The Morgan fingerprint density at radius 2 is 1.76 bits per heavy atom. The minimum atomic E-state index is -1.50. The molecular weight excluding hydrogens is 464 g/mol. The van der Waals surface area contributed by atoms with Crippen LogP contribution >= 0.6 is 46.4 Å². The fourth-order valence-electron chi connectivity index (χ4n) is 2.45. The topological polar surface area (TPSA) is 90.4 Å². The first-order valence-electron chi connectivity index (χ1n) is 8.03. The Kier molecular flexibility index (Phi) is 9.00. The molecule has 2 unspecified atom stereocenters. The van der Waals surface area contributed by atoms with Crippen molar-refractivity contribution >= 4 is 46.4 Å². The van der Waals surface area contributed by atoms with E-state index in [1.807, 2.05) is 41.1 Å². The Bertz CT molecular complexity index is 919. The average molecular weight is 479 g/mol. The maximum Gasteiger partial charge on any atom is 0.291 e. The zero-order valence-corrected chi connectivity index (χ0v) is 17.7. The lowest BCUT2D eigenvalue weighted by atomic mass is 10.1. The van der Waals surface area contributed by atoms with E-state index in [4.69, 9.17) is 66.5 Å². The van der Waals surface area contributed by atoms with Crippen molar-refractivity contribution in [2.45, 2.75) is 18.2 Å². The third kappa shape index (κ3) is 7.38. The van der Waals surface area contributed by atoms with Crippen LogP contribution in [-0.2, 0) is 11.3 Å². The normalized spacial score (nSPS) is 12.6. The number of rotatable bonds is 6. The standard InChI is InChI=1S/C18H14Cl4N2O.HNO3/c19-14-4-1-12(2-5-14)17(24-8-7-23-11-24)18(22)25-10-13-3-6-15(20)9-16(13)21;2-1(3)4/h1-9,11,17-18H,10H2;(H,2,3,4). The fourth-order valence-corrected chi connectivity index (χ4v) is 3.38. The number of hydrogen-bond donors (Lipinski definition) is 1. The maximum absolute atomic E-state index is 8.36. The van der Waals surface area contributed by atoms with Gasteiger partial charge >= 0.3 is 0 Å². The van der Waals surface area contributed by atoms with Crippen LogP contribution < -0.4 is 0 Å². The van der Waals surface area contributed by atoms with Crippen molar-refractivity contribution in [3.8, 4) is 0 Å². The first-order chi connectivity index (χ1) is 13.8. The van der Waals surface area contributed by atoms with Gasteiger partial charge in [-0.05, 0) is 35.4 Å². The first-order valence-corrected chi connectivity index (χ1v) is 9.60. The third-order valence-electron chi connectivity index (χ3n) is 3.72. The Balaban J connectivity index is 0.000000687. The quantitative estimate of drug-likeness (QED) is 0.272. The van der Waals surface area contributed by atoms with Crippen LogP contribution in [0.25, 0.3) is 0 Å². The number of halogens is 4. The van der Waals surface area contributed by atoms with E-state index in [1.54, 1.807) is 24.7 Å². The van der Waals surface area contributed by atoms with Crippen molar-refractivity contribution in [3.05, 3.63) is 97.5 Å². The van der Waals surface area contributed by atoms with Crippen LogP contribution in [0.1, 0.15) is 17.2 Å². The van der Waals surface area contributed by atoms with Gasteiger partial charge < -0.3 is 14.5 Å². The van der Waals surface area contributed by atoms with E-state index < -0.39 is 10.6 Å². The van der Waals surface area contributed by atoms with Gasteiger partial charge in [0.1, 0.15) is 0 Å². The lowest BCUT2D eigenvalue weighted by Crippen LogP contribution is -2.23. The monoisotopic (exact) mass is 477 g/mol. The number of hydrogen-bond acceptors (Lipinski definition) is 4. The van der Waals surface area contributed by atoms with E-state index in [-0.39, 0.29) is 12.6 Å². The van der Waals surface area contributed by atoms with Crippen LogP contribution in [0.5, 0.6) is 0 Å². The second-order valence-electron chi connectivity index (χ2n) is 5.64. The van der Waals surface area contributed by atoms with Crippen molar-refractivity contribution in [3.63, 3.8) is 0 Å². The van der Waals surface area contributed by atoms with Gasteiger partial charge in [-0.15, -0.1) is 10.1 Å². The molecule has 0 saturated carbocycles. The zero-order valence-electron chi connectivity index (χ0n) is 14.7. The van der Waals surface area contributed by atoms with Gasteiger partial charge in [0.15, 0.2) is 5.56 Å². The summed E-state index contributed by atoms with van der Waals surface area (Å²) < 4.78 is 7.77. The van der Waals surface area contributed by atoms with Crippen LogP contribution in [0.15, 0.2) is 61.2 Å². The molecule has 0 bridgehead atoms. The summed E-state index contributed by atoms with van der Waals surface area (Å²) in [7, 11) is 0. The number of alkyl halides is 1. The van der Waals surface area contributed by atoms with Gasteiger partial charge in [-0.2, -0.15) is 0 Å². The predicted molar refractivity (Wildman–Crippen MR) is 111 cm³/mol. The number of ether oxygens (including phenoxy) is 1. The van der Waals surface area contributed by atoms with E-state index in [9.17, 15) is 0 Å². The van der Waals surface area contributed by atoms with E-state index in [0.717, 1.165) is 11.1 Å². The van der Waals surface area contributed by atoms with E-state index >= 15 is 0 Å². The number of imidazole rings is 1. The highest BCUT2D eigenvalue weighted by Gasteiger charge is 2.24. The van der Waals surface area contributed by atoms with E-state index in [1.165, 1.54) is 0 Å². The van der Waals surface area contributed by atoms with Crippen LogP contribution in [0, 0.1) is 10.1 Å². The highest BCUT2D eigenvalue weighted by Crippen LogP contribution is 2.29. The van der Waals surface area contributed by atoms with Gasteiger partial charge in [-0.25, -0.2) is 4.98 Å². The molecule has 2 aromatic carbocycles. The highest BCUT2D eigenvalue weighted by molar-refractivity contribution is 6.35. The third-order valence-corrected chi connectivity index (χ3v) is 4.92. The number of nitrogens with zero attached hydrogens (tertiary/aromatic N) is 3. The lowest BCUT2D eigenvalue weighted by Gasteiger charge is -2.24. The fraction of sp³-hybridized carbons (Fsp3) is 0.167. The van der Waals surface area contributed by atoms with Gasteiger partial charge in [0, 0.05) is 27.5 Å². The van der Waals surface area contributed by atoms with E-state index in [0.29, 0.717) is 15.1 Å². The van der Waals surface area contributed by atoms with Gasteiger partial charge in [-0.3, -0.25) is 0 Å². The molecule has 0 aliphatic heterocycles. The molecule has 0 fully saturated rings. The molecule has 0 aliphatic rings. The van der Waals surface area contributed by atoms with Crippen LogP contribution in [0.3, 0.4) is 0 Å². The molecule has 0 saturated heterocycles. The molecule has 11 heteroatoms. The van der Waals surface area contributed by atoms with Gasteiger partial charge in [0.05, 0.1) is 19.0 Å². The van der Waals surface area contributed by atoms with Crippen molar-refractivity contribution in [2.24, 2.45) is 0 Å². The molecule has 1 N–H and O–H groups in total. The maximum atomic E-state index is 8.36. The first kappa shape index (κ1) is 23.3. The Morgan fingerprint density at radius 1 is 1.14 bits per heavy atom. The molecule has 2 atom stereocenters. The molecule has 0 spiro atoms. The van der Waals surface area contributed by atoms with Crippen LogP contribution in [0.2, 0.25) is 15.1 Å². The van der Waals surface area contributed by atoms with Crippen molar-refractivity contribution in [1.82, 2.24) is 9.55 Å². The summed E-state index contributed by atoms with van der Waals surface area (Å²) in [6, 6.07) is 12.5. The molecule has 29 heavy (non-hydrogen) atoms. The predicted octanol–water partition coefficient (Wildman–Crippen LogP) is 5.87. The molecule has 1 aromatic heterocycles. The Hall–Kier alpha value is -2.03. The van der Waals surface area contributed by atoms with Crippen LogP contribution in [0.4, 0.5) is 0 Å². The summed E-state index contributed by atoms with van der Waals surface area (Å²) in [5.74, 6) is 0. The smallest absolute Gasteiger partial charge is 0.291 e. The molecule has 3 rings (SSSR count). The summed E-state index contributed by atoms with van der Waals surface area (Å²) in [6.07, 6.45) is 5.24. The molecule has 0 aliphatic carbocycles. The Morgan fingerprint density at radius 3 is 2.31 bits per heavy atom. The highest BCUT2D eigenvalue weighted by atomic mass is 35.5. The van der Waals surface area contributed by atoms with Crippen LogP contribution in [-0.4, -0.2) is 25.4 Å². The van der Waals surface area contributed by atoms with Gasteiger partial charge in [0.2, 0.25) is 0 Å². The minimum Gasteiger partial charge on any atom is -0.355 e. The van der Waals surface area contributed by atoms with Crippen molar-refractivity contribution < 1.29 is 15.0 Å². The summed E-state index contributed by atoms with van der Waals surface area (Å²) in [5, 5.41) is 15.4. The van der Waals surface area contributed by atoms with E-state index in [2.05, 4.69) is 4.98 Å². The van der Waals surface area contributed by atoms with Crippen molar-refractivity contribution in [2.75, 3.05) is 0 Å². The molecule has 0 amide bonds. The molecule has 0 radical (unpaired) electrons. The largest absolute Gasteiger partial charge is 0.355 e.